The normalized spacial score (nSPS) is 14.4. The molecule has 1 aliphatic rings. The van der Waals surface area contributed by atoms with E-state index in [1.165, 1.54) is 11.3 Å². The summed E-state index contributed by atoms with van der Waals surface area (Å²) in [6.07, 6.45) is 1.77. The average molecular weight is 776 g/mol. The number of carbonyl (C=O) groups is 1. The number of ether oxygens (including phenoxy) is 4. The van der Waals surface area contributed by atoms with E-state index < -0.39 is 6.04 Å². The van der Waals surface area contributed by atoms with E-state index in [1.807, 2.05) is 13.8 Å². The van der Waals surface area contributed by atoms with Gasteiger partial charge in [-0.3, -0.25) is 14.2 Å². The first kappa shape index (κ1) is 35.5. The number of methoxy groups -OCH3 is 3. The van der Waals surface area contributed by atoms with Crippen molar-refractivity contribution in [1.29, 1.82) is 0 Å². The molecule has 0 N–H and O–H groups in total. The molecule has 1 aliphatic heterocycles. The molecule has 3 aromatic carbocycles. The summed E-state index contributed by atoms with van der Waals surface area (Å²) in [6.45, 7) is 6.83. The third-order valence-corrected chi connectivity index (χ3v) is 10.3. The highest BCUT2D eigenvalue weighted by atomic mass is 79.9. The van der Waals surface area contributed by atoms with E-state index in [2.05, 4.69) is 15.9 Å². The van der Waals surface area contributed by atoms with Gasteiger partial charge < -0.3 is 23.8 Å². The van der Waals surface area contributed by atoms with Crippen LogP contribution >= 0.6 is 50.5 Å². The molecule has 0 unspecified atom stereocenters. The maximum absolute atomic E-state index is 14.4. The highest BCUT2D eigenvalue weighted by molar-refractivity contribution is 9.10. The molecule has 0 saturated carbocycles. The molecule has 5 rings (SSSR count). The summed E-state index contributed by atoms with van der Waals surface area (Å²) in [6, 6.07) is 13.3. The minimum Gasteiger partial charge on any atom is -0.497 e. The monoisotopic (exact) mass is 773 g/mol. The van der Waals surface area contributed by atoms with Gasteiger partial charge in [0, 0.05) is 38.7 Å². The van der Waals surface area contributed by atoms with Crippen LogP contribution in [0.15, 0.2) is 74.1 Å². The zero-order valence-corrected chi connectivity index (χ0v) is 31.1. The van der Waals surface area contributed by atoms with Crippen LogP contribution in [0.3, 0.4) is 0 Å². The molecule has 13 heteroatoms. The van der Waals surface area contributed by atoms with Crippen LogP contribution in [-0.2, 0) is 11.4 Å². The number of likely N-dealkylation sites (N-methyl/N-ethyl adjacent to an activating group) is 1. The van der Waals surface area contributed by atoms with Crippen molar-refractivity contribution in [2.75, 3.05) is 34.4 Å². The van der Waals surface area contributed by atoms with E-state index >= 15 is 0 Å². The smallest absolute Gasteiger partial charge is 0.271 e. The SMILES string of the molecule is CCN(CC)C(=O)C1=C(C)N=c2s/c(=C/c3cc(OC)c(OCc4ccc(Cl)cc4Cl)cc3Br)c(=O)n2[C@H]1c1cc(OC)ccc1OC. The van der Waals surface area contributed by atoms with Gasteiger partial charge in [-0.1, -0.05) is 56.5 Å². The van der Waals surface area contributed by atoms with Gasteiger partial charge in [-0.05, 0) is 74.9 Å². The highest BCUT2D eigenvalue weighted by Gasteiger charge is 2.36. The number of benzene rings is 3. The summed E-state index contributed by atoms with van der Waals surface area (Å²) in [4.78, 5) is 35.3. The molecular weight excluding hydrogens is 741 g/mol. The molecule has 9 nitrogen and oxygen atoms in total. The summed E-state index contributed by atoms with van der Waals surface area (Å²) in [5, 5.41) is 1.03. The molecule has 2 heterocycles. The van der Waals surface area contributed by atoms with Crippen LogP contribution in [0.2, 0.25) is 10.0 Å². The first-order valence-corrected chi connectivity index (χ1v) is 17.4. The maximum atomic E-state index is 14.4. The third-order valence-electron chi connectivity index (χ3n) is 8.00. The summed E-state index contributed by atoms with van der Waals surface area (Å²) in [5.74, 6) is 1.82. The lowest BCUT2D eigenvalue weighted by atomic mass is 9.93. The number of nitrogens with zero attached hydrogens (tertiary/aromatic N) is 3. The maximum Gasteiger partial charge on any atom is 0.271 e. The fourth-order valence-corrected chi connectivity index (χ4v) is 7.43. The van der Waals surface area contributed by atoms with Crippen molar-refractivity contribution < 1.29 is 23.7 Å². The zero-order chi connectivity index (χ0) is 34.7. The number of hydrogen-bond donors (Lipinski definition) is 0. The highest BCUT2D eigenvalue weighted by Crippen LogP contribution is 2.39. The second-order valence-electron chi connectivity index (χ2n) is 10.7. The van der Waals surface area contributed by atoms with Gasteiger partial charge in [0.05, 0.1) is 37.1 Å². The Hall–Kier alpha value is -3.77. The third kappa shape index (κ3) is 7.01. The van der Waals surface area contributed by atoms with E-state index in [-0.39, 0.29) is 18.1 Å². The molecule has 0 aliphatic carbocycles. The number of allylic oxidation sites excluding steroid dienone is 1. The average Bonchev–Trinajstić information content (AvgIpc) is 3.38. The number of carbonyl (C=O) groups excluding carboxylic acids is 1. The van der Waals surface area contributed by atoms with Gasteiger partial charge in [0.2, 0.25) is 0 Å². The Morgan fingerprint density at radius 2 is 1.73 bits per heavy atom. The van der Waals surface area contributed by atoms with E-state index in [9.17, 15) is 9.59 Å². The van der Waals surface area contributed by atoms with Crippen LogP contribution in [0.5, 0.6) is 23.0 Å². The molecule has 252 valence electrons. The van der Waals surface area contributed by atoms with E-state index in [0.717, 1.165) is 5.56 Å². The van der Waals surface area contributed by atoms with Crippen molar-refractivity contribution in [3.05, 3.63) is 111 Å². The Balaban J connectivity index is 1.64. The first-order chi connectivity index (χ1) is 23.0. The number of fused-ring (bicyclic) bond motifs is 1. The lowest BCUT2D eigenvalue weighted by molar-refractivity contribution is -0.127. The first-order valence-electron chi connectivity index (χ1n) is 15.0. The Morgan fingerprint density at radius 3 is 2.38 bits per heavy atom. The van der Waals surface area contributed by atoms with Gasteiger partial charge >= 0.3 is 0 Å². The molecule has 48 heavy (non-hydrogen) atoms. The topological polar surface area (TPSA) is 91.6 Å². The fourth-order valence-electron chi connectivity index (χ4n) is 5.49. The van der Waals surface area contributed by atoms with Gasteiger partial charge in [0.25, 0.3) is 11.5 Å². The van der Waals surface area contributed by atoms with Crippen molar-refractivity contribution in [3.63, 3.8) is 0 Å². The molecule has 1 atom stereocenters. The molecule has 0 fully saturated rings. The number of thiazole rings is 1. The molecule has 1 aromatic heterocycles. The Kier molecular flexibility index (Phi) is 11.2. The van der Waals surface area contributed by atoms with Crippen molar-refractivity contribution in [2.24, 2.45) is 4.99 Å². The van der Waals surface area contributed by atoms with Crippen LogP contribution in [0.4, 0.5) is 0 Å². The largest absolute Gasteiger partial charge is 0.497 e. The molecule has 4 aromatic rings. The van der Waals surface area contributed by atoms with Crippen LogP contribution in [0.1, 0.15) is 43.5 Å². The van der Waals surface area contributed by atoms with Gasteiger partial charge in [-0.2, -0.15) is 0 Å². The Morgan fingerprint density at radius 1 is 1.00 bits per heavy atom. The lowest BCUT2D eigenvalue weighted by Crippen LogP contribution is -2.43. The van der Waals surface area contributed by atoms with E-state index in [4.69, 9.17) is 47.1 Å². The molecule has 0 spiro atoms. The second-order valence-corrected chi connectivity index (χ2v) is 13.4. The number of hydrogen-bond acceptors (Lipinski definition) is 8. The standard InChI is InChI=1S/C35H34BrCl2N3O6S/c1-7-40(8-2)34(43)31-19(3)39-35-41(32(31)24-16-23(44-4)11-12-27(24)45-5)33(42)30(48-35)14-21-13-28(46-6)29(17-25(21)36)47-18-20-9-10-22(37)15-26(20)38/h9-17,32H,7-8,18H2,1-6H3/b30-14+/t32-/m0/s1. The zero-order valence-electron chi connectivity index (χ0n) is 27.2. The quantitative estimate of drug-likeness (QED) is 0.167. The van der Waals surface area contributed by atoms with Gasteiger partial charge in [-0.25, -0.2) is 4.99 Å². The predicted molar refractivity (Wildman–Crippen MR) is 193 cm³/mol. The van der Waals surface area contributed by atoms with Crippen molar-refractivity contribution in [3.8, 4) is 23.0 Å². The molecule has 0 saturated heterocycles. The van der Waals surface area contributed by atoms with Crippen LogP contribution in [0, 0.1) is 0 Å². The number of rotatable bonds is 11. The van der Waals surface area contributed by atoms with Crippen molar-refractivity contribution in [1.82, 2.24) is 9.47 Å². The summed E-state index contributed by atoms with van der Waals surface area (Å²) in [5.41, 5.74) is 2.67. The van der Waals surface area contributed by atoms with E-state index in [1.54, 1.807) is 92.3 Å². The Labute approximate surface area is 300 Å². The van der Waals surface area contributed by atoms with Gasteiger partial charge in [-0.15, -0.1) is 0 Å². The Bertz CT molecular complexity index is 2090. The predicted octanol–water partition coefficient (Wildman–Crippen LogP) is 6.78. The minimum absolute atomic E-state index is 0.193. The van der Waals surface area contributed by atoms with Gasteiger partial charge in [0.1, 0.15) is 24.1 Å². The molecule has 1 amide bonds. The summed E-state index contributed by atoms with van der Waals surface area (Å²) >= 11 is 17.2. The van der Waals surface area contributed by atoms with Crippen LogP contribution in [0.25, 0.3) is 6.08 Å². The molecule has 0 radical (unpaired) electrons. The molecule has 0 bridgehead atoms. The van der Waals surface area contributed by atoms with Crippen LogP contribution < -0.4 is 33.8 Å². The van der Waals surface area contributed by atoms with E-state index in [0.29, 0.717) is 82.3 Å². The molecular formula is C35H34BrCl2N3O6S. The van der Waals surface area contributed by atoms with Crippen molar-refractivity contribution in [2.45, 2.75) is 33.4 Å². The van der Waals surface area contributed by atoms with Crippen molar-refractivity contribution >= 4 is 62.5 Å². The van der Waals surface area contributed by atoms with Gasteiger partial charge in [0.15, 0.2) is 16.3 Å². The summed E-state index contributed by atoms with van der Waals surface area (Å²) in [7, 11) is 4.66. The fraction of sp³-hybridized carbons (Fsp3) is 0.286. The number of halogens is 3. The number of aromatic nitrogens is 1. The lowest BCUT2D eigenvalue weighted by Gasteiger charge is -2.30. The summed E-state index contributed by atoms with van der Waals surface area (Å²) < 4.78 is 25.6. The number of amides is 1. The van der Waals surface area contributed by atoms with Crippen LogP contribution in [-0.4, -0.2) is 49.8 Å². The minimum atomic E-state index is -0.810. The second kappa shape index (κ2) is 15.2.